The van der Waals surface area contributed by atoms with Gasteiger partial charge in [-0.1, -0.05) is 60.7 Å². The number of aromatic nitrogens is 5. The zero-order chi connectivity index (χ0) is 33.7. The van der Waals surface area contributed by atoms with Gasteiger partial charge < -0.3 is 40.9 Å². The van der Waals surface area contributed by atoms with Crippen molar-refractivity contribution in [3.8, 4) is 0 Å². The van der Waals surface area contributed by atoms with Crippen molar-refractivity contribution in [1.82, 2.24) is 35.1 Å². The maximum atomic E-state index is 12.7. The normalized spacial score (nSPS) is 21.9. The van der Waals surface area contributed by atoms with Crippen LogP contribution in [-0.2, 0) is 4.79 Å². The van der Waals surface area contributed by atoms with Gasteiger partial charge in [0.2, 0.25) is 12.4 Å². The second-order valence-electron chi connectivity index (χ2n) is 12.4. The first kappa shape index (κ1) is 32.0. The van der Waals surface area contributed by atoms with Crippen LogP contribution in [0.1, 0.15) is 35.9 Å². The van der Waals surface area contributed by atoms with Gasteiger partial charge in [-0.3, -0.25) is 9.78 Å². The van der Waals surface area contributed by atoms with Gasteiger partial charge in [0.1, 0.15) is 12.2 Å². The number of imidazole rings is 1. The van der Waals surface area contributed by atoms with Gasteiger partial charge in [-0.2, -0.15) is 9.97 Å². The summed E-state index contributed by atoms with van der Waals surface area (Å²) in [5.41, 5.74) is 3.89. The van der Waals surface area contributed by atoms with E-state index in [0.29, 0.717) is 67.5 Å². The number of carbonyl (C=O) groups excluding carboxylic acids is 2. The first-order valence-electron chi connectivity index (χ1n) is 16.3. The van der Waals surface area contributed by atoms with E-state index in [1.807, 2.05) is 41.3 Å². The molecule has 6 N–H and O–H groups in total. The van der Waals surface area contributed by atoms with E-state index in [9.17, 15) is 19.8 Å². The van der Waals surface area contributed by atoms with Crippen molar-refractivity contribution in [1.29, 1.82) is 0 Å². The number of hydrogen-bond donors (Lipinski definition) is 6. The lowest BCUT2D eigenvalue weighted by Gasteiger charge is -2.22. The highest BCUT2D eigenvalue weighted by molar-refractivity contribution is 5.89. The summed E-state index contributed by atoms with van der Waals surface area (Å²) in [4.78, 5) is 44.5. The lowest BCUT2D eigenvalue weighted by atomic mass is 9.91. The predicted octanol–water partition coefficient (Wildman–Crippen LogP) is 2.65. The van der Waals surface area contributed by atoms with Crippen LogP contribution in [0.15, 0.2) is 91.5 Å². The number of benzene rings is 2. The number of rotatable bonds is 11. The van der Waals surface area contributed by atoms with E-state index in [2.05, 4.69) is 55.5 Å². The molecule has 3 aromatic heterocycles. The summed E-state index contributed by atoms with van der Waals surface area (Å²) in [6.07, 6.45) is 4.03. The number of nitrogens with zero attached hydrogens (tertiary/aromatic N) is 6. The molecule has 2 aromatic carbocycles. The monoisotopic (exact) mass is 662 g/mol. The molecule has 49 heavy (non-hydrogen) atoms. The number of urea groups is 1. The molecule has 7 rings (SSSR count). The van der Waals surface area contributed by atoms with Crippen molar-refractivity contribution in [2.45, 2.75) is 49.1 Å². The van der Waals surface area contributed by atoms with Crippen LogP contribution < -0.4 is 26.2 Å². The molecular formula is C35H38N10O4. The number of amides is 3. The highest BCUT2D eigenvalue weighted by Gasteiger charge is 2.43. The van der Waals surface area contributed by atoms with Crippen LogP contribution in [0.3, 0.4) is 0 Å². The van der Waals surface area contributed by atoms with E-state index in [-0.39, 0.29) is 18.0 Å². The van der Waals surface area contributed by atoms with Gasteiger partial charge in [0.05, 0.1) is 30.3 Å². The van der Waals surface area contributed by atoms with Crippen molar-refractivity contribution in [2.24, 2.45) is 0 Å². The molecule has 0 radical (unpaired) electrons. The van der Waals surface area contributed by atoms with Gasteiger partial charge in [0.25, 0.3) is 0 Å². The molecule has 2 aliphatic rings. The van der Waals surface area contributed by atoms with E-state index >= 15 is 0 Å². The molecule has 1 saturated heterocycles. The van der Waals surface area contributed by atoms with Crippen molar-refractivity contribution in [3.05, 3.63) is 103 Å². The maximum Gasteiger partial charge on any atom is 0.319 e. The predicted molar refractivity (Wildman–Crippen MR) is 184 cm³/mol. The molecule has 252 valence electrons. The lowest BCUT2D eigenvalue weighted by molar-refractivity contribution is -0.111. The number of pyridine rings is 1. The number of carbonyl (C=O) groups is 2. The fourth-order valence-electron chi connectivity index (χ4n) is 6.80. The van der Waals surface area contributed by atoms with E-state index in [0.717, 1.165) is 11.1 Å². The average molecular weight is 663 g/mol. The SMILES string of the molecule is O=CN[C@H]1C[C@@H](n2cnc3c(NCC(c4ccccc4)c4ccccc4)nc(N4CCC(NC(=O)Nc5cccnc5)C4)nc32)[C@H](O)[C@@H]1O. The molecule has 14 heteroatoms. The van der Waals surface area contributed by atoms with Crippen LogP contribution in [0.5, 0.6) is 0 Å². The second-order valence-corrected chi connectivity index (χ2v) is 12.4. The van der Waals surface area contributed by atoms with Gasteiger partial charge in [-0.25, -0.2) is 9.78 Å². The topological polar surface area (TPSA) is 182 Å². The van der Waals surface area contributed by atoms with Gasteiger partial charge in [0.15, 0.2) is 17.0 Å². The summed E-state index contributed by atoms with van der Waals surface area (Å²) in [6, 6.07) is 22.4. The first-order valence-corrected chi connectivity index (χ1v) is 16.3. The maximum absolute atomic E-state index is 12.7. The molecule has 0 spiro atoms. The van der Waals surface area contributed by atoms with Crippen LogP contribution in [-0.4, -0.2) is 91.1 Å². The summed E-state index contributed by atoms with van der Waals surface area (Å²) in [7, 11) is 0. The Morgan fingerprint density at radius 3 is 2.43 bits per heavy atom. The average Bonchev–Trinajstić information content (AvgIpc) is 3.84. The minimum Gasteiger partial charge on any atom is -0.388 e. The molecule has 4 heterocycles. The van der Waals surface area contributed by atoms with Gasteiger partial charge in [-0.05, 0) is 36.1 Å². The summed E-state index contributed by atoms with van der Waals surface area (Å²) >= 11 is 0. The molecule has 1 aliphatic carbocycles. The minimum atomic E-state index is -1.15. The van der Waals surface area contributed by atoms with E-state index in [1.165, 1.54) is 0 Å². The Morgan fingerprint density at radius 2 is 1.73 bits per heavy atom. The van der Waals surface area contributed by atoms with Crippen LogP contribution in [0.4, 0.5) is 22.2 Å². The third-order valence-electron chi connectivity index (χ3n) is 9.30. The molecule has 5 aromatic rings. The number of fused-ring (bicyclic) bond motifs is 1. The van der Waals surface area contributed by atoms with Gasteiger partial charge in [-0.15, -0.1) is 0 Å². The zero-order valence-corrected chi connectivity index (χ0v) is 26.6. The molecule has 5 atom stereocenters. The van der Waals surface area contributed by atoms with E-state index < -0.39 is 24.3 Å². The number of aliphatic hydroxyl groups excluding tert-OH is 2. The Kier molecular flexibility index (Phi) is 9.30. The summed E-state index contributed by atoms with van der Waals surface area (Å²) < 4.78 is 1.76. The quantitative estimate of drug-likeness (QED) is 0.115. The molecule has 3 amide bonds. The Bertz CT molecular complexity index is 1840. The Hall–Kier alpha value is -5.60. The third-order valence-corrected chi connectivity index (χ3v) is 9.30. The molecule has 1 saturated carbocycles. The van der Waals surface area contributed by atoms with Crippen LogP contribution >= 0.6 is 0 Å². The molecule has 2 fully saturated rings. The molecular weight excluding hydrogens is 624 g/mol. The number of nitrogens with one attached hydrogen (secondary N) is 4. The largest absolute Gasteiger partial charge is 0.388 e. The first-order chi connectivity index (χ1) is 24.0. The van der Waals surface area contributed by atoms with Crippen LogP contribution in [0.2, 0.25) is 0 Å². The highest BCUT2D eigenvalue weighted by atomic mass is 16.3. The Balaban J connectivity index is 1.19. The molecule has 0 bridgehead atoms. The fourth-order valence-corrected chi connectivity index (χ4v) is 6.80. The summed E-state index contributed by atoms with van der Waals surface area (Å²) in [5.74, 6) is 0.982. The summed E-state index contributed by atoms with van der Waals surface area (Å²) in [5, 5.41) is 33.7. The van der Waals surface area contributed by atoms with Crippen LogP contribution in [0.25, 0.3) is 11.2 Å². The van der Waals surface area contributed by atoms with Gasteiger partial charge >= 0.3 is 6.03 Å². The third kappa shape index (κ3) is 6.87. The number of aliphatic hydroxyl groups is 2. The highest BCUT2D eigenvalue weighted by Crippen LogP contribution is 2.35. The second kappa shape index (κ2) is 14.3. The molecule has 14 nitrogen and oxygen atoms in total. The van der Waals surface area contributed by atoms with Crippen molar-refractivity contribution in [3.63, 3.8) is 0 Å². The standard InChI is InChI=1S/C35H38N10O4/c46-21-39-27-16-28(31(48)30(27)47)45-20-38-29-32(37-18-26(22-8-3-1-4-9-22)23-10-5-2-6-11-23)42-34(43-33(29)45)44-15-13-25(19-44)41-35(49)40-24-12-7-14-36-17-24/h1-12,14,17,20-21,25-28,30-31,47-48H,13,15-16,18-19H2,(H,39,46)(H,37,42,43)(H2,40,41,49)/t25?,27-,28+,30+,31-/m0/s1. The van der Waals surface area contributed by atoms with Gasteiger partial charge in [0, 0.05) is 37.8 Å². The van der Waals surface area contributed by atoms with Crippen molar-refractivity contribution >= 4 is 41.1 Å². The minimum absolute atomic E-state index is 0.0126. The zero-order valence-electron chi connectivity index (χ0n) is 26.6. The van der Waals surface area contributed by atoms with Crippen molar-refractivity contribution < 1.29 is 19.8 Å². The van der Waals surface area contributed by atoms with E-state index in [4.69, 9.17) is 9.97 Å². The van der Waals surface area contributed by atoms with E-state index in [1.54, 1.807) is 35.4 Å². The molecule has 1 unspecified atom stereocenters. The summed E-state index contributed by atoms with van der Waals surface area (Å²) in [6.45, 7) is 1.59. The Morgan fingerprint density at radius 1 is 0.980 bits per heavy atom. The number of anilines is 3. The fraction of sp³-hybridized carbons (Fsp3) is 0.314. The number of hydrogen-bond acceptors (Lipinski definition) is 10. The lowest BCUT2D eigenvalue weighted by Crippen LogP contribution is -2.40. The Labute approximate surface area is 282 Å². The smallest absolute Gasteiger partial charge is 0.319 e. The molecule has 1 aliphatic heterocycles. The van der Waals surface area contributed by atoms with Crippen molar-refractivity contribution in [2.75, 3.05) is 35.2 Å². The van der Waals surface area contributed by atoms with Crippen LogP contribution in [0, 0.1) is 0 Å².